The Kier molecular flexibility index (Phi) is 4.33. The molecule has 2 rings (SSSR count). The van der Waals surface area contributed by atoms with E-state index in [2.05, 4.69) is 0 Å². The average molecular weight is 316 g/mol. The molecule has 0 radical (unpaired) electrons. The molecule has 0 saturated heterocycles. The molecule has 0 fully saturated rings. The number of rotatable bonds is 2. The van der Waals surface area contributed by atoms with Crippen molar-refractivity contribution in [1.29, 1.82) is 0 Å². The Labute approximate surface area is 126 Å². The van der Waals surface area contributed by atoms with Crippen molar-refractivity contribution in [3.63, 3.8) is 0 Å². The normalized spacial score (nSPS) is 12.6. The molecule has 0 aromatic heterocycles. The summed E-state index contributed by atoms with van der Waals surface area (Å²) in [5.41, 5.74) is 8.59. The van der Waals surface area contributed by atoms with Crippen molar-refractivity contribution in [3.05, 3.63) is 68.2 Å². The van der Waals surface area contributed by atoms with Gasteiger partial charge in [0.2, 0.25) is 0 Å². The fraction of sp³-hybridized carbons (Fsp3) is 0.200. The van der Waals surface area contributed by atoms with E-state index in [0.29, 0.717) is 10.6 Å². The van der Waals surface area contributed by atoms with E-state index in [9.17, 15) is 8.78 Å². The van der Waals surface area contributed by atoms with Crippen LogP contribution in [0.25, 0.3) is 0 Å². The van der Waals surface area contributed by atoms with Crippen molar-refractivity contribution in [2.24, 2.45) is 5.73 Å². The highest BCUT2D eigenvalue weighted by molar-refractivity contribution is 6.31. The third-order valence-corrected chi connectivity index (χ3v) is 3.94. The molecule has 1 atom stereocenters. The van der Waals surface area contributed by atoms with Crippen molar-refractivity contribution in [2.45, 2.75) is 19.9 Å². The zero-order valence-corrected chi connectivity index (χ0v) is 12.5. The Bertz CT molecular complexity index is 614. The predicted molar refractivity (Wildman–Crippen MR) is 78.3 cm³/mol. The second-order valence-electron chi connectivity index (χ2n) is 4.72. The molecule has 1 unspecified atom stereocenters. The molecule has 0 spiro atoms. The maximum atomic E-state index is 13.9. The molecular formula is C15H13Cl2F2N. The lowest BCUT2D eigenvalue weighted by Gasteiger charge is -2.17. The molecule has 0 aliphatic carbocycles. The van der Waals surface area contributed by atoms with Crippen LogP contribution in [0.5, 0.6) is 0 Å². The minimum Gasteiger partial charge on any atom is -0.320 e. The van der Waals surface area contributed by atoms with Crippen molar-refractivity contribution >= 4 is 23.2 Å². The lowest BCUT2D eigenvalue weighted by molar-refractivity contribution is 0.577. The predicted octanol–water partition coefficient (Wildman–Crippen LogP) is 4.94. The lowest BCUT2D eigenvalue weighted by Crippen LogP contribution is -2.15. The number of halogens is 4. The maximum absolute atomic E-state index is 13.9. The van der Waals surface area contributed by atoms with Gasteiger partial charge in [-0.1, -0.05) is 29.3 Å². The number of benzene rings is 2. The Morgan fingerprint density at radius 3 is 2.10 bits per heavy atom. The third-order valence-electron chi connectivity index (χ3n) is 3.32. The van der Waals surface area contributed by atoms with Crippen LogP contribution in [0.2, 0.25) is 10.0 Å². The molecule has 5 heteroatoms. The van der Waals surface area contributed by atoms with Crippen molar-refractivity contribution in [3.8, 4) is 0 Å². The van der Waals surface area contributed by atoms with E-state index in [1.807, 2.05) is 13.8 Å². The first-order chi connectivity index (χ1) is 9.31. The largest absolute Gasteiger partial charge is 0.320 e. The topological polar surface area (TPSA) is 26.0 Å². The van der Waals surface area contributed by atoms with Gasteiger partial charge in [0, 0.05) is 10.6 Å². The summed E-state index contributed by atoms with van der Waals surface area (Å²) in [6.45, 7) is 3.82. The van der Waals surface area contributed by atoms with Gasteiger partial charge in [0.25, 0.3) is 0 Å². The number of nitrogens with two attached hydrogens (primary N) is 1. The smallest absolute Gasteiger partial charge is 0.142 e. The van der Waals surface area contributed by atoms with E-state index in [0.717, 1.165) is 23.3 Å². The fourth-order valence-corrected chi connectivity index (χ4v) is 2.47. The van der Waals surface area contributed by atoms with Gasteiger partial charge in [-0.3, -0.25) is 0 Å². The zero-order chi connectivity index (χ0) is 15.0. The standard InChI is InChI=1S/C15H13Cl2F2N/c1-7-3-9(11(16)4-8(7)2)15(20)10-5-14(19)12(17)6-13(10)18/h3-6,15H,20H2,1-2H3. The van der Waals surface area contributed by atoms with Gasteiger partial charge in [0.15, 0.2) is 0 Å². The number of aryl methyl sites for hydroxylation is 2. The first kappa shape index (κ1) is 15.2. The monoisotopic (exact) mass is 315 g/mol. The van der Waals surface area contributed by atoms with Crippen LogP contribution in [-0.2, 0) is 0 Å². The zero-order valence-electron chi connectivity index (χ0n) is 11.0. The van der Waals surface area contributed by atoms with Gasteiger partial charge in [0.05, 0.1) is 11.1 Å². The Morgan fingerprint density at radius 2 is 1.45 bits per heavy atom. The molecule has 0 aliphatic heterocycles. The summed E-state index contributed by atoms with van der Waals surface area (Å²) in [5.74, 6) is -1.36. The number of hydrogen-bond acceptors (Lipinski definition) is 1. The molecule has 2 N–H and O–H groups in total. The molecule has 2 aromatic rings. The van der Waals surface area contributed by atoms with Gasteiger partial charge >= 0.3 is 0 Å². The molecule has 0 bridgehead atoms. The average Bonchev–Trinajstić information content (AvgIpc) is 2.37. The summed E-state index contributed by atoms with van der Waals surface area (Å²) >= 11 is 11.7. The van der Waals surface area contributed by atoms with Crippen LogP contribution >= 0.6 is 23.2 Å². The van der Waals surface area contributed by atoms with Crippen LogP contribution in [0, 0.1) is 25.5 Å². The highest BCUT2D eigenvalue weighted by atomic mass is 35.5. The minimum absolute atomic E-state index is 0.0250. The van der Waals surface area contributed by atoms with E-state index < -0.39 is 17.7 Å². The maximum Gasteiger partial charge on any atom is 0.142 e. The Balaban J connectivity index is 2.54. The van der Waals surface area contributed by atoms with Crippen molar-refractivity contribution < 1.29 is 8.78 Å². The van der Waals surface area contributed by atoms with Crippen molar-refractivity contribution in [2.75, 3.05) is 0 Å². The van der Waals surface area contributed by atoms with Gasteiger partial charge in [-0.25, -0.2) is 8.78 Å². The SMILES string of the molecule is Cc1cc(Cl)c(C(N)c2cc(F)c(Cl)cc2F)cc1C. The Hall–Kier alpha value is -1.16. The van der Waals surface area contributed by atoms with Crippen LogP contribution in [0.4, 0.5) is 8.78 Å². The summed E-state index contributed by atoms with van der Waals surface area (Å²) < 4.78 is 27.4. The number of hydrogen-bond donors (Lipinski definition) is 1. The molecule has 0 aliphatic rings. The highest BCUT2D eigenvalue weighted by Crippen LogP contribution is 2.32. The summed E-state index contributed by atoms with van der Waals surface area (Å²) in [6.07, 6.45) is 0. The lowest BCUT2D eigenvalue weighted by atomic mass is 9.96. The van der Waals surface area contributed by atoms with Crippen molar-refractivity contribution in [1.82, 2.24) is 0 Å². The van der Waals surface area contributed by atoms with E-state index in [1.165, 1.54) is 0 Å². The van der Waals surface area contributed by atoms with Gasteiger partial charge in [0.1, 0.15) is 11.6 Å². The highest BCUT2D eigenvalue weighted by Gasteiger charge is 2.19. The second-order valence-corrected chi connectivity index (χ2v) is 5.54. The molecule has 20 heavy (non-hydrogen) atoms. The summed E-state index contributed by atoms with van der Waals surface area (Å²) in [7, 11) is 0. The second kappa shape index (κ2) is 5.68. The van der Waals surface area contributed by atoms with Crippen LogP contribution in [0.1, 0.15) is 28.3 Å². The quantitative estimate of drug-likeness (QED) is 0.781. The van der Waals surface area contributed by atoms with Crippen LogP contribution < -0.4 is 5.73 Å². The van der Waals surface area contributed by atoms with Crippen LogP contribution in [0.15, 0.2) is 24.3 Å². The minimum atomic E-state index is -0.853. The van der Waals surface area contributed by atoms with Crippen LogP contribution in [-0.4, -0.2) is 0 Å². The molecule has 0 amide bonds. The third kappa shape index (κ3) is 2.80. The Morgan fingerprint density at radius 1 is 0.850 bits per heavy atom. The van der Waals surface area contributed by atoms with Gasteiger partial charge in [-0.2, -0.15) is 0 Å². The summed E-state index contributed by atoms with van der Waals surface area (Å²) in [5, 5.41) is 0.153. The molecular weight excluding hydrogens is 303 g/mol. The van der Waals surface area contributed by atoms with Gasteiger partial charge < -0.3 is 5.73 Å². The first-order valence-corrected chi connectivity index (χ1v) is 6.73. The van der Waals surface area contributed by atoms with Crippen LogP contribution in [0.3, 0.4) is 0 Å². The fourth-order valence-electron chi connectivity index (χ4n) is 1.99. The van der Waals surface area contributed by atoms with Gasteiger partial charge in [-0.05, 0) is 48.7 Å². The molecule has 0 saturated carbocycles. The van der Waals surface area contributed by atoms with E-state index in [4.69, 9.17) is 28.9 Å². The molecule has 0 heterocycles. The summed E-state index contributed by atoms with van der Waals surface area (Å²) in [4.78, 5) is 0. The summed E-state index contributed by atoms with van der Waals surface area (Å²) in [6, 6.07) is 4.62. The van der Waals surface area contributed by atoms with E-state index in [1.54, 1.807) is 12.1 Å². The molecule has 2 aromatic carbocycles. The van der Waals surface area contributed by atoms with Gasteiger partial charge in [-0.15, -0.1) is 0 Å². The van der Waals surface area contributed by atoms with E-state index in [-0.39, 0.29) is 10.6 Å². The van der Waals surface area contributed by atoms with E-state index >= 15 is 0 Å². The first-order valence-electron chi connectivity index (χ1n) is 5.98. The molecule has 106 valence electrons. The molecule has 1 nitrogen and oxygen atoms in total.